The summed E-state index contributed by atoms with van der Waals surface area (Å²) >= 11 is 0. The molecule has 0 N–H and O–H groups in total. The fourth-order valence-electron chi connectivity index (χ4n) is 0.996. The van der Waals surface area contributed by atoms with Crippen LogP contribution in [0.1, 0.15) is 23.2 Å². The summed E-state index contributed by atoms with van der Waals surface area (Å²) in [5.74, 6) is 0. The molecule has 0 amide bonds. The van der Waals surface area contributed by atoms with Crippen LogP contribution in [0.4, 0.5) is 8.78 Å². The molecule has 0 aliphatic rings. The number of hydrogen-bond donors (Lipinski definition) is 0. The van der Waals surface area contributed by atoms with E-state index in [1.165, 1.54) is 12.3 Å². The van der Waals surface area contributed by atoms with Crippen molar-refractivity contribution in [3.63, 3.8) is 0 Å². The summed E-state index contributed by atoms with van der Waals surface area (Å²) in [6, 6.07) is 3.26. The summed E-state index contributed by atoms with van der Waals surface area (Å²) in [4.78, 5) is 3.56. The molecule has 1 heterocycles. The zero-order valence-electron chi connectivity index (χ0n) is 7.09. The van der Waals surface area contributed by atoms with Gasteiger partial charge >= 0.3 is 0 Å². The Kier molecular flexibility index (Phi) is 2.91. The number of aromatic nitrogens is 1. The van der Waals surface area contributed by atoms with Crippen LogP contribution in [-0.2, 0) is 6.42 Å². The number of aryl methyl sites for hydroxylation is 1. The van der Waals surface area contributed by atoms with Gasteiger partial charge in [-0.05, 0) is 24.1 Å². The van der Waals surface area contributed by atoms with Crippen LogP contribution in [0.15, 0.2) is 12.3 Å². The normalized spacial score (nSPS) is 10.1. The van der Waals surface area contributed by atoms with Gasteiger partial charge in [-0.15, -0.1) is 0 Å². The molecule has 0 saturated carbocycles. The lowest BCUT2D eigenvalue weighted by Crippen LogP contribution is -1.95. The van der Waals surface area contributed by atoms with Crippen LogP contribution in [0, 0.1) is 18.3 Å². The highest BCUT2D eigenvalue weighted by atomic mass is 19.3. The highest BCUT2D eigenvalue weighted by molar-refractivity contribution is 5.27. The minimum absolute atomic E-state index is 0.211. The highest BCUT2D eigenvalue weighted by Crippen LogP contribution is 2.18. The smallest absolute Gasteiger partial charge is 0.255 e. The minimum atomic E-state index is -2.55. The molecule has 13 heavy (non-hydrogen) atoms. The number of pyridine rings is 1. The average molecular weight is 182 g/mol. The Hall–Kier alpha value is -1.50. The predicted octanol–water partition coefficient (Wildman–Crippen LogP) is 2.39. The largest absolute Gasteiger partial charge is 0.280 e. The number of nitriles is 1. The monoisotopic (exact) mass is 182 g/mol. The van der Waals surface area contributed by atoms with E-state index in [2.05, 4.69) is 4.98 Å². The van der Waals surface area contributed by atoms with Crippen molar-refractivity contribution in [1.29, 1.82) is 5.26 Å². The van der Waals surface area contributed by atoms with Gasteiger partial charge in [-0.3, -0.25) is 4.98 Å². The number of alkyl halides is 2. The Bertz CT molecular complexity index is 342. The van der Waals surface area contributed by atoms with E-state index in [9.17, 15) is 8.78 Å². The van der Waals surface area contributed by atoms with Crippen LogP contribution in [0.25, 0.3) is 0 Å². The van der Waals surface area contributed by atoms with E-state index in [0.29, 0.717) is 11.1 Å². The zero-order chi connectivity index (χ0) is 9.84. The Balaban J connectivity index is 3.00. The first-order valence-corrected chi connectivity index (χ1v) is 3.75. The van der Waals surface area contributed by atoms with Crippen LogP contribution in [0.2, 0.25) is 0 Å². The maximum atomic E-state index is 12.1. The molecule has 0 unspecified atom stereocenters. The van der Waals surface area contributed by atoms with Crippen molar-refractivity contribution >= 4 is 0 Å². The molecule has 0 spiro atoms. The molecule has 0 saturated heterocycles. The molecular weight excluding hydrogens is 174 g/mol. The average Bonchev–Trinajstić information content (AvgIpc) is 2.08. The Morgan fingerprint density at radius 1 is 1.62 bits per heavy atom. The summed E-state index contributed by atoms with van der Waals surface area (Å²) in [6.45, 7) is 1.69. The van der Waals surface area contributed by atoms with Gasteiger partial charge in [-0.25, -0.2) is 8.78 Å². The van der Waals surface area contributed by atoms with Crippen LogP contribution in [-0.4, -0.2) is 4.98 Å². The van der Waals surface area contributed by atoms with Gasteiger partial charge in [-0.1, -0.05) is 0 Å². The standard InChI is InChI=1S/C9H8F2N2/c1-6-4-8(9(10)11)13-5-7(6)2-3-12/h4-5,9H,2H2,1H3. The molecule has 0 fully saturated rings. The molecule has 68 valence electrons. The lowest BCUT2D eigenvalue weighted by atomic mass is 10.1. The van der Waals surface area contributed by atoms with E-state index >= 15 is 0 Å². The molecule has 0 radical (unpaired) electrons. The van der Waals surface area contributed by atoms with Gasteiger partial charge in [0.05, 0.1) is 12.5 Å². The van der Waals surface area contributed by atoms with Crippen molar-refractivity contribution < 1.29 is 8.78 Å². The number of hydrogen-bond acceptors (Lipinski definition) is 2. The van der Waals surface area contributed by atoms with Crippen molar-refractivity contribution in [3.8, 4) is 6.07 Å². The van der Waals surface area contributed by atoms with Crippen molar-refractivity contribution in [2.45, 2.75) is 19.8 Å². The highest BCUT2D eigenvalue weighted by Gasteiger charge is 2.09. The maximum Gasteiger partial charge on any atom is 0.280 e. The first-order chi connectivity index (χ1) is 6.15. The maximum absolute atomic E-state index is 12.1. The van der Waals surface area contributed by atoms with Crippen molar-refractivity contribution in [1.82, 2.24) is 4.98 Å². The van der Waals surface area contributed by atoms with Crippen LogP contribution < -0.4 is 0 Å². The van der Waals surface area contributed by atoms with Gasteiger partial charge in [0.25, 0.3) is 6.43 Å². The van der Waals surface area contributed by atoms with Gasteiger partial charge in [-0.2, -0.15) is 5.26 Å². The lowest BCUT2D eigenvalue weighted by molar-refractivity contribution is 0.146. The van der Waals surface area contributed by atoms with Crippen LogP contribution in [0.3, 0.4) is 0 Å². The second kappa shape index (κ2) is 3.94. The first kappa shape index (κ1) is 9.59. The number of halogens is 2. The van der Waals surface area contributed by atoms with Crippen LogP contribution in [0.5, 0.6) is 0 Å². The fourth-order valence-corrected chi connectivity index (χ4v) is 0.996. The van der Waals surface area contributed by atoms with E-state index in [0.717, 1.165) is 0 Å². The minimum Gasteiger partial charge on any atom is -0.255 e. The molecule has 0 aliphatic heterocycles. The number of nitrogens with zero attached hydrogens (tertiary/aromatic N) is 2. The third-order valence-corrected chi connectivity index (χ3v) is 1.73. The molecule has 1 aromatic heterocycles. The van der Waals surface area contributed by atoms with Crippen molar-refractivity contribution in [2.24, 2.45) is 0 Å². The Labute approximate surface area is 74.8 Å². The lowest BCUT2D eigenvalue weighted by Gasteiger charge is -2.03. The van der Waals surface area contributed by atoms with E-state index in [-0.39, 0.29) is 12.1 Å². The molecule has 4 heteroatoms. The van der Waals surface area contributed by atoms with E-state index < -0.39 is 6.43 Å². The van der Waals surface area contributed by atoms with Gasteiger partial charge in [0.2, 0.25) is 0 Å². The summed E-state index contributed by atoms with van der Waals surface area (Å²) < 4.78 is 24.3. The molecule has 1 rings (SSSR count). The molecule has 1 aromatic rings. The summed E-state index contributed by atoms with van der Waals surface area (Å²) in [7, 11) is 0. The van der Waals surface area contributed by atoms with E-state index in [1.54, 1.807) is 6.92 Å². The second-order valence-corrected chi connectivity index (χ2v) is 2.67. The predicted molar refractivity (Wildman–Crippen MR) is 43.2 cm³/mol. The van der Waals surface area contributed by atoms with E-state index in [4.69, 9.17) is 5.26 Å². The third kappa shape index (κ3) is 2.22. The van der Waals surface area contributed by atoms with Crippen molar-refractivity contribution in [3.05, 3.63) is 29.1 Å². The van der Waals surface area contributed by atoms with Gasteiger partial charge in [0, 0.05) is 6.20 Å². The molecule has 0 bridgehead atoms. The van der Waals surface area contributed by atoms with Gasteiger partial charge in [0.1, 0.15) is 5.69 Å². The topological polar surface area (TPSA) is 36.7 Å². The van der Waals surface area contributed by atoms with Crippen LogP contribution >= 0.6 is 0 Å². The molecular formula is C9H8F2N2. The molecule has 0 aromatic carbocycles. The molecule has 2 nitrogen and oxygen atoms in total. The SMILES string of the molecule is Cc1cc(C(F)F)ncc1CC#N. The molecule has 0 aliphatic carbocycles. The second-order valence-electron chi connectivity index (χ2n) is 2.67. The van der Waals surface area contributed by atoms with Crippen molar-refractivity contribution in [2.75, 3.05) is 0 Å². The first-order valence-electron chi connectivity index (χ1n) is 3.75. The quantitative estimate of drug-likeness (QED) is 0.704. The molecule has 0 atom stereocenters. The Morgan fingerprint density at radius 3 is 2.77 bits per heavy atom. The summed E-state index contributed by atoms with van der Waals surface area (Å²) in [5, 5.41) is 8.40. The Morgan fingerprint density at radius 2 is 2.31 bits per heavy atom. The van der Waals surface area contributed by atoms with Gasteiger partial charge < -0.3 is 0 Å². The zero-order valence-corrected chi connectivity index (χ0v) is 7.09. The van der Waals surface area contributed by atoms with E-state index in [1.807, 2.05) is 6.07 Å². The summed E-state index contributed by atoms with van der Waals surface area (Å²) in [5.41, 5.74) is 1.15. The summed E-state index contributed by atoms with van der Waals surface area (Å²) in [6.07, 6.45) is -1.00. The number of rotatable bonds is 2. The van der Waals surface area contributed by atoms with Gasteiger partial charge in [0.15, 0.2) is 0 Å². The fraction of sp³-hybridized carbons (Fsp3) is 0.333. The third-order valence-electron chi connectivity index (χ3n) is 1.73.